The molecule has 28 heavy (non-hydrogen) atoms. The van der Waals surface area contributed by atoms with Crippen LogP contribution in [0.15, 0.2) is 73.5 Å². The van der Waals surface area contributed by atoms with Crippen molar-refractivity contribution in [3.63, 3.8) is 0 Å². The smallest absolute Gasteiger partial charge is 0.327 e. The van der Waals surface area contributed by atoms with Crippen LogP contribution in [0.2, 0.25) is 0 Å². The Bertz CT molecular complexity index is 776. The van der Waals surface area contributed by atoms with E-state index in [2.05, 4.69) is 26.3 Å². The quantitative estimate of drug-likeness (QED) is 0.337. The minimum atomic E-state index is -1.03. The largest absolute Gasteiger partial charge is 0.402 e. The molecular formula is C22H29N3O3. The molecule has 0 aromatic heterocycles. The summed E-state index contributed by atoms with van der Waals surface area (Å²) < 4.78 is 0. The summed E-state index contributed by atoms with van der Waals surface area (Å²) in [7, 11) is 1.57. The van der Waals surface area contributed by atoms with Crippen LogP contribution < -0.4 is 5.73 Å². The molecule has 1 saturated heterocycles. The van der Waals surface area contributed by atoms with Gasteiger partial charge in [-0.3, -0.25) is 14.5 Å². The van der Waals surface area contributed by atoms with Crippen LogP contribution in [-0.4, -0.2) is 46.7 Å². The number of urea groups is 1. The van der Waals surface area contributed by atoms with E-state index < -0.39 is 23.3 Å². The number of Topliss-reactive ketones (excluding diaryl/α,β-unsaturated/α-hetero) is 1. The molecule has 0 radical (unpaired) electrons. The van der Waals surface area contributed by atoms with Crippen molar-refractivity contribution >= 4 is 17.7 Å². The van der Waals surface area contributed by atoms with Gasteiger partial charge >= 0.3 is 6.03 Å². The van der Waals surface area contributed by atoms with E-state index in [-0.39, 0.29) is 12.1 Å². The molecule has 6 nitrogen and oxygen atoms in total. The molecule has 1 fully saturated rings. The predicted molar refractivity (Wildman–Crippen MR) is 112 cm³/mol. The van der Waals surface area contributed by atoms with Crippen LogP contribution in [-0.2, 0) is 9.59 Å². The second-order valence-corrected chi connectivity index (χ2v) is 6.90. The van der Waals surface area contributed by atoms with Crippen molar-refractivity contribution in [1.82, 2.24) is 9.80 Å². The Balaban J connectivity index is 2.89. The molecule has 3 amide bonds. The minimum absolute atomic E-state index is 0.195. The normalized spacial score (nSPS) is 20.0. The van der Waals surface area contributed by atoms with Crippen LogP contribution in [0.1, 0.15) is 26.2 Å². The van der Waals surface area contributed by atoms with Crippen molar-refractivity contribution in [3.05, 3.63) is 73.5 Å². The molecule has 0 aromatic carbocycles. The van der Waals surface area contributed by atoms with Crippen molar-refractivity contribution in [2.75, 3.05) is 13.6 Å². The highest BCUT2D eigenvalue weighted by Gasteiger charge is 2.52. The SMILES string of the molecule is C=C/C=C(\C=C)CCC1(C)C(=O)N(CC(=O)C(=C)/C=C\CC(=C)N)C(=O)N1C. The van der Waals surface area contributed by atoms with Crippen LogP contribution in [0.25, 0.3) is 0 Å². The standard InChI is InChI=1S/C22H29N3O3/c1-7-10-18(8-2)13-14-22(5)20(27)25(21(28)24(22)6)15-19(26)16(3)11-9-12-17(4)23/h7-11H,1-4,12-15,23H2,5-6H3/b11-9-,18-10+. The third-order valence-electron chi connectivity index (χ3n) is 4.82. The van der Waals surface area contributed by atoms with Crippen LogP contribution in [0.5, 0.6) is 0 Å². The number of hydrogen-bond acceptors (Lipinski definition) is 4. The molecule has 2 N–H and O–H groups in total. The van der Waals surface area contributed by atoms with Crippen LogP contribution in [0.3, 0.4) is 0 Å². The monoisotopic (exact) mass is 383 g/mol. The first-order valence-electron chi connectivity index (χ1n) is 8.94. The summed E-state index contributed by atoms with van der Waals surface area (Å²) in [4.78, 5) is 40.3. The van der Waals surface area contributed by atoms with Crippen molar-refractivity contribution in [3.8, 4) is 0 Å². The van der Waals surface area contributed by atoms with Crippen molar-refractivity contribution in [2.24, 2.45) is 5.73 Å². The molecule has 0 aliphatic carbocycles. The Labute approximate surface area is 167 Å². The van der Waals surface area contributed by atoms with E-state index in [1.165, 1.54) is 11.0 Å². The van der Waals surface area contributed by atoms with Gasteiger partial charge < -0.3 is 10.6 Å². The number of ketones is 1. The third kappa shape index (κ3) is 5.19. The molecule has 1 heterocycles. The molecule has 0 saturated carbocycles. The Morgan fingerprint density at radius 2 is 1.89 bits per heavy atom. The summed E-state index contributed by atoms with van der Waals surface area (Å²) >= 11 is 0. The lowest BCUT2D eigenvalue weighted by molar-refractivity contribution is -0.134. The zero-order valence-corrected chi connectivity index (χ0v) is 16.7. The highest BCUT2D eigenvalue weighted by Crippen LogP contribution is 2.32. The molecule has 1 atom stereocenters. The van der Waals surface area contributed by atoms with Crippen molar-refractivity contribution < 1.29 is 14.4 Å². The summed E-state index contributed by atoms with van der Waals surface area (Å²) in [6.07, 6.45) is 9.71. The van der Waals surface area contributed by atoms with E-state index in [0.29, 0.717) is 25.0 Å². The van der Waals surface area contributed by atoms with Gasteiger partial charge in [-0.15, -0.1) is 0 Å². The molecule has 1 rings (SSSR count). The summed E-state index contributed by atoms with van der Waals surface area (Å²) in [6.45, 7) is 16.0. The molecule has 1 aliphatic rings. The van der Waals surface area contributed by atoms with Gasteiger partial charge in [-0.1, -0.05) is 56.7 Å². The topological polar surface area (TPSA) is 83.7 Å². The van der Waals surface area contributed by atoms with Gasteiger partial charge in [-0.2, -0.15) is 0 Å². The predicted octanol–water partition coefficient (Wildman–Crippen LogP) is 3.26. The zero-order chi connectivity index (χ0) is 21.5. The molecule has 1 unspecified atom stereocenters. The first-order chi connectivity index (χ1) is 13.1. The van der Waals surface area contributed by atoms with Crippen LogP contribution >= 0.6 is 0 Å². The fourth-order valence-corrected chi connectivity index (χ4v) is 2.81. The van der Waals surface area contributed by atoms with Gasteiger partial charge in [0.15, 0.2) is 5.78 Å². The lowest BCUT2D eigenvalue weighted by atomic mass is 9.91. The number of carbonyl (C=O) groups excluding carboxylic acids is 3. The van der Waals surface area contributed by atoms with Crippen LogP contribution in [0, 0.1) is 0 Å². The maximum absolute atomic E-state index is 12.9. The number of likely N-dealkylation sites (N-methyl/N-ethyl adjacent to an activating group) is 1. The highest BCUT2D eigenvalue weighted by molar-refractivity contribution is 6.11. The van der Waals surface area contributed by atoms with Gasteiger partial charge in [0.25, 0.3) is 5.91 Å². The first kappa shape index (κ1) is 22.9. The van der Waals surface area contributed by atoms with Gasteiger partial charge in [0, 0.05) is 24.7 Å². The number of amides is 3. The number of nitrogens with two attached hydrogens (primary N) is 1. The average Bonchev–Trinajstić information content (AvgIpc) is 2.80. The lowest BCUT2D eigenvalue weighted by Crippen LogP contribution is -2.45. The fraction of sp³-hybridized carbons (Fsp3) is 0.318. The maximum atomic E-state index is 12.9. The lowest BCUT2D eigenvalue weighted by Gasteiger charge is -2.28. The summed E-state index contributed by atoms with van der Waals surface area (Å²) in [5.74, 6) is -0.806. The Morgan fingerprint density at radius 1 is 1.25 bits per heavy atom. The minimum Gasteiger partial charge on any atom is -0.402 e. The number of hydrogen-bond donors (Lipinski definition) is 1. The second-order valence-electron chi connectivity index (χ2n) is 6.90. The van der Waals surface area contributed by atoms with Crippen molar-refractivity contribution in [1.29, 1.82) is 0 Å². The van der Waals surface area contributed by atoms with Gasteiger partial charge in [-0.25, -0.2) is 4.79 Å². The molecule has 0 spiro atoms. The van der Waals surface area contributed by atoms with Gasteiger partial charge in [0.1, 0.15) is 5.54 Å². The number of nitrogens with zero attached hydrogens (tertiary/aromatic N) is 2. The highest BCUT2D eigenvalue weighted by atomic mass is 16.2. The van der Waals surface area contributed by atoms with E-state index in [4.69, 9.17) is 5.73 Å². The van der Waals surface area contributed by atoms with E-state index in [9.17, 15) is 14.4 Å². The van der Waals surface area contributed by atoms with Crippen LogP contribution in [0.4, 0.5) is 4.79 Å². The van der Waals surface area contributed by atoms with Gasteiger partial charge in [-0.05, 0) is 25.3 Å². The molecule has 0 aromatic rings. The zero-order valence-electron chi connectivity index (χ0n) is 16.7. The molecule has 0 bridgehead atoms. The number of carbonyl (C=O) groups is 3. The number of imide groups is 1. The summed E-state index contributed by atoms with van der Waals surface area (Å²) in [5.41, 5.74) is 6.01. The summed E-state index contributed by atoms with van der Waals surface area (Å²) in [5, 5.41) is 0. The van der Waals surface area contributed by atoms with E-state index in [0.717, 1.165) is 10.5 Å². The molecular weight excluding hydrogens is 354 g/mol. The fourth-order valence-electron chi connectivity index (χ4n) is 2.81. The maximum Gasteiger partial charge on any atom is 0.327 e. The van der Waals surface area contributed by atoms with E-state index in [1.807, 2.05) is 6.08 Å². The molecule has 1 aliphatic heterocycles. The van der Waals surface area contributed by atoms with E-state index >= 15 is 0 Å². The Hall–Kier alpha value is -3.15. The first-order valence-corrected chi connectivity index (χ1v) is 8.94. The van der Waals surface area contributed by atoms with Crippen molar-refractivity contribution in [2.45, 2.75) is 31.7 Å². The second kappa shape index (κ2) is 9.69. The molecule has 150 valence electrons. The summed E-state index contributed by atoms with van der Waals surface area (Å²) in [6, 6.07) is -0.499. The average molecular weight is 383 g/mol. The Kier molecular flexibility index (Phi) is 7.92. The number of rotatable bonds is 11. The molecule has 6 heteroatoms. The number of allylic oxidation sites excluding steroid dienone is 6. The van der Waals surface area contributed by atoms with Gasteiger partial charge in [0.2, 0.25) is 0 Å². The van der Waals surface area contributed by atoms with Gasteiger partial charge in [0.05, 0.1) is 6.54 Å². The third-order valence-corrected chi connectivity index (χ3v) is 4.82. The van der Waals surface area contributed by atoms with E-state index in [1.54, 1.807) is 32.2 Å². The Morgan fingerprint density at radius 3 is 2.43 bits per heavy atom.